The van der Waals surface area contributed by atoms with Crippen LogP contribution in [0, 0.1) is 6.92 Å². The largest absolute Gasteiger partial charge is 0.324 e. The maximum atomic E-state index is 11.9. The summed E-state index contributed by atoms with van der Waals surface area (Å²) in [4.78, 5) is 22.0. The highest BCUT2D eigenvalue weighted by molar-refractivity contribution is 5.98. The third-order valence-corrected chi connectivity index (χ3v) is 2.02. The Kier molecular flexibility index (Phi) is 3.55. The Morgan fingerprint density at radius 3 is 2.60 bits per heavy atom. The lowest BCUT2D eigenvalue weighted by Gasteiger charge is -2.06. The van der Waals surface area contributed by atoms with Crippen LogP contribution in [0.5, 0.6) is 0 Å². The Balaban J connectivity index is 2.97. The Morgan fingerprint density at radius 2 is 2.07 bits per heavy atom. The van der Waals surface area contributed by atoms with E-state index in [1.54, 1.807) is 25.1 Å². The van der Waals surface area contributed by atoms with Crippen LogP contribution in [0.25, 0.3) is 0 Å². The summed E-state index contributed by atoms with van der Waals surface area (Å²) in [5.74, 6) is -0.794. The maximum Gasteiger partial charge on any atom is 0.255 e. The predicted octanol–water partition coefficient (Wildman–Crippen LogP) is 2.11. The summed E-state index contributed by atoms with van der Waals surface area (Å²) in [6.07, 6.45) is 0. The monoisotopic (exact) mass is 209 g/mol. The van der Waals surface area contributed by atoms with Gasteiger partial charge in [0.25, 0.3) is 5.91 Å². The average Bonchev–Trinajstić information content (AvgIpc) is 2.20. The molecule has 1 N–H and O–H groups in total. The quantitative estimate of drug-likeness (QED) is 0.775. The normalized spacial score (nSPS) is 9.80. The van der Waals surface area contributed by atoms with Crippen molar-refractivity contribution in [3.05, 3.63) is 29.3 Å². The van der Waals surface area contributed by atoms with E-state index in [2.05, 4.69) is 5.32 Å². The molecule has 4 heteroatoms. The summed E-state index contributed by atoms with van der Waals surface area (Å²) >= 11 is 0. The summed E-state index contributed by atoms with van der Waals surface area (Å²) in [6, 6.07) is 4.89. The van der Waals surface area contributed by atoms with Crippen molar-refractivity contribution >= 4 is 17.4 Å². The van der Waals surface area contributed by atoms with Crippen LogP contribution in [0.3, 0.4) is 0 Å². The summed E-state index contributed by atoms with van der Waals surface area (Å²) in [6.45, 7) is 2.18. The summed E-state index contributed by atoms with van der Waals surface area (Å²) < 4.78 is 11.9. The van der Waals surface area contributed by atoms with E-state index >= 15 is 0 Å². The number of carbonyl (C=O) groups is 2. The molecule has 0 saturated heterocycles. The van der Waals surface area contributed by atoms with Gasteiger partial charge in [0.15, 0.2) is 12.5 Å². The second-order valence-corrected chi connectivity index (χ2v) is 3.27. The van der Waals surface area contributed by atoms with Gasteiger partial charge in [0, 0.05) is 11.3 Å². The summed E-state index contributed by atoms with van der Waals surface area (Å²) in [7, 11) is 0. The third-order valence-electron chi connectivity index (χ3n) is 2.02. The fraction of sp³-hybridized carbons (Fsp3) is 0.273. The van der Waals surface area contributed by atoms with Crippen molar-refractivity contribution in [2.75, 3.05) is 12.0 Å². The standard InChI is InChI=1S/C11H12FNO2/c1-7-3-4-9(13-11(15)6-12)5-10(7)8(2)14/h3-5H,6H2,1-2H3,(H,13,15). The zero-order valence-electron chi connectivity index (χ0n) is 8.63. The number of anilines is 1. The van der Waals surface area contributed by atoms with Crippen LogP contribution in [-0.2, 0) is 4.79 Å². The van der Waals surface area contributed by atoms with Crippen LogP contribution >= 0.6 is 0 Å². The first-order valence-electron chi connectivity index (χ1n) is 4.52. The first kappa shape index (κ1) is 11.4. The van der Waals surface area contributed by atoms with Gasteiger partial charge >= 0.3 is 0 Å². The molecule has 0 fully saturated rings. The Hall–Kier alpha value is -1.71. The maximum absolute atomic E-state index is 11.9. The van der Waals surface area contributed by atoms with E-state index in [0.717, 1.165) is 5.56 Å². The van der Waals surface area contributed by atoms with Crippen molar-refractivity contribution in [1.29, 1.82) is 0 Å². The lowest BCUT2D eigenvalue weighted by molar-refractivity contribution is -0.117. The van der Waals surface area contributed by atoms with Crippen molar-refractivity contribution in [3.8, 4) is 0 Å². The van der Waals surface area contributed by atoms with Gasteiger partial charge in [-0.1, -0.05) is 6.07 Å². The second-order valence-electron chi connectivity index (χ2n) is 3.27. The van der Waals surface area contributed by atoms with Gasteiger partial charge in [-0.05, 0) is 31.5 Å². The number of hydrogen-bond donors (Lipinski definition) is 1. The van der Waals surface area contributed by atoms with E-state index in [4.69, 9.17) is 0 Å². The lowest BCUT2D eigenvalue weighted by Crippen LogP contribution is -2.13. The van der Waals surface area contributed by atoms with E-state index in [-0.39, 0.29) is 5.78 Å². The summed E-state index contributed by atoms with van der Waals surface area (Å²) in [5, 5.41) is 2.35. The Labute approximate surface area is 87.3 Å². The third kappa shape index (κ3) is 2.87. The second kappa shape index (κ2) is 4.68. The van der Waals surface area contributed by atoms with Gasteiger partial charge in [0.05, 0.1) is 0 Å². The van der Waals surface area contributed by atoms with Crippen molar-refractivity contribution in [1.82, 2.24) is 0 Å². The Morgan fingerprint density at radius 1 is 1.40 bits per heavy atom. The number of benzene rings is 1. The molecule has 0 spiro atoms. The molecule has 80 valence electrons. The first-order valence-corrected chi connectivity index (χ1v) is 4.52. The molecule has 0 saturated carbocycles. The molecule has 0 aliphatic carbocycles. The van der Waals surface area contributed by atoms with Crippen LogP contribution in [0.15, 0.2) is 18.2 Å². The van der Waals surface area contributed by atoms with Gasteiger partial charge < -0.3 is 5.32 Å². The number of Topliss-reactive ketones (excluding diaryl/α,β-unsaturated/α-hetero) is 1. The minimum Gasteiger partial charge on any atom is -0.324 e. The number of halogens is 1. The van der Waals surface area contributed by atoms with Crippen LogP contribution < -0.4 is 5.32 Å². The van der Waals surface area contributed by atoms with E-state index in [1.807, 2.05) is 0 Å². The van der Waals surface area contributed by atoms with Crippen molar-refractivity contribution in [3.63, 3.8) is 0 Å². The lowest BCUT2D eigenvalue weighted by atomic mass is 10.0. The molecule has 0 heterocycles. The number of amides is 1. The highest BCUT2D eigenvalue weighted by Gasteiger charge is 2.06. The highest BCUT2D eigenvalue weighted by Crippen LogP contribution is 2.15. The smallest absolute Gasteiger partial charge is 0.255 e. The Bertz CT molecular complexity index is 402. The molecule has 0 unspecified atom stereocenters. The summed E-state index contributed by atoms with van der Waals surface area (Å²) in [5.41, 5.74) is 1.81. The number of hydrogen-bond acceptors (Lipinski definition) is 2. The van der Waals surface area contributed by atoms with E-state index in [1.165, 1.54) is 6.92 Å². The number of nitrogens with one attached hydrogen (secondary N) is 1. The van der Waals surface area contributed by atoms with Gasteiger partial charge in [-0.15, -0.1) is 0 Å². The number of aryl methyl sites for hydroxylation is 1. The molecule has 0 aliphatic heterocycles. The molecular formula is C11H12FNO2. The molecule has 0 aliphatic rings. The molecular weight excluding hydrogens is 197 g/mol. The van der Waals surface area contributed by atoms with Crippen LogP contribution in [-0.4, -0.2) is 18.4 Å². The highest BCUT2D eigenvalue weighted by atomic mass is 19.1. The zero-order valence-corrected chi connectivity index (χ0v) is 8.63. The fourth-order valence-electron chi connectivity index (χ4n) is 1.27. The minimum absolute atomic E-state index is 0.0798. The first-order chi connectivity index (χ1) is 7.04. The molecule has 1 rings (SSSR count). The van der Waals surface area contributed by atoms with Gasteiger partial charge in [0.1, 0.15) is 0 Å². The molecule has 0 aromatic heterocycles. The van der Waals surface area contributed by atoms with Gasteiger partial charge in [-0.3, -0.25) is 9.59 Å². The molecule has 3 nitrogen and oxygen atoms in total. The molecule has 0 atom stereocenters. The average molecular weight is 209 g/mol. The van der Waals surface area contributed by atoms with Crippen molar-refractivity contribution in [2.24, 2.45) is 0 Å². The number of alkyl halides is 1. The van der Waals surface area contributed by atoms with Gasteiger partial charge in [-0.2, -0.15) is 0 Å². The number of rotatable bonds is 3. The molecule has 1 amide bonds. The SMILES string of the molecule is CC(=O)c1cc(NC(=O)CF)ccc1C. The van der Waals surface area contributed by atoms with Crippen molar-refractivity contribution < 1.29 is 14.0 Å². The minimum atomic E-state index is -1.07. The molecule has 0 bridgehead atoms. The molecule has 15 heavy (non-hydrogen) atoms. The van der Waals surface area contributed by atoms with Crippen molar-refractivity contribution in [2.45, 2.75) is 13.8 Å². The van der Waals surface area contributed by atoms with Crippen LogP contribution in [0.1, 0.15) is 22.8 Å². The number of carbonyl (C=O) groups excluding carboxylic acids is 2. The van der Waals surface area contributed by atoms with E-state index in [0.29, 0.717) is 11.3 Å². The van der Waals surface area contributed by atoms with Crippen LogP contribution in [0.4, 0.5) is 10.1 Å². The van der Waals surface area contributed by atoms with Gasteiger partial charge in [-0.25, -0.2) is 4.39 Å². The van der Waals surface area contributed by atoms with Crippen LogP contribution in [0.2, 0.25) is 0 Å². The molecule has 1 aromatic carbocycles. The van der Waals surface area contributed by atoms with Gasteiger partial charge in [0.2, 0.25) is 0 Å². The number of ketones is 1. The molecule has 1 aromatic rings. The van der Waals surface area contributed by atoms with E-state index < -0.39 is 12.6 Å². The predicted molar refractivity (Wildman–Crippen MR) is 55.8 cm³/mol. The fourth-order valence-corrected chi connectivity index (χ4v) is 1.27. The molecule has 0 radical (unpaired) electrons. The van der Waals surface area contributed by atoms with E-state index in [9.17, 15) is 14.0 Å². The zero-order chi connectivity index (χ0) is 11.4. The topological polar surface area (TPSA) is 46.2 Å².